The van der Waals surface area contributed by atoms with Crippen LogP contribution < -0.4 is 18.9 Å². The van der Waals surface area contributed by atoms with E-state index in [2.05, 4.69) is 62.7 Å². The van der Waals surface area contributed by atoms with Crippen molar-refractivity contribution in [1.82, 2.24) is 0 Å². The Morgan fingerprint density at radius 3 is 1.51 bits per heavy atom. The SMILES string of the molecule is C=CCOc1ccc(C(c2ccc(C3CCCCC3)cc2)c2ccc(OCC=C)cc2OCC=C)c(OCC=C)c1. The van der Waals surface area contributed by atoms with E-state index in [1.165, 1.54) is 37.7 Å². The first-order valence-corrected chi connectivity index (χ1v) is 14.5. The van der Waals surface area contributed by atoms with Crippen molar-refractivity contribution in [3.8, 4) is 23.0 Å². The van der Waals surface area contributed by atoms with E-state index in [1.54, 1.807) is 24.3 Å². The standard InChI is InChI=1S/C37H42O4/c1-5-22-38-31-18-20-33(35(26-31)40-24-7-3)37(30-16-14-29(15-17-30)28-12-10-9-11-13-28)34-21-19-32(39-23-6-2)27-36(34)41-25-8-4/h5-8,14-21,26-28,37H,1-4,9-13,22-25H2. The van der Waals surface area contributed by atoms with Crippen LogP contribution in [0.4, 0.5) is 0 Å². The number of hydrogen-bond donors (Lipinski definition) is 0. The van der Waals surface area contributed by atoms with Crippen LogP contribution in [0.25, 0.3) is 0 Å². The third-order valence-corrected chi connectivity index (χ3v) is 7.39. The summed E-state index contributed by atoms with van der Waals surface area (Å²) in [7, 11) is 0. The molecule has 41 heavy (non-hydrogen) atoms. The second-order valence-electron chi connectivity index (χ2n) is 10.2. The maximum absolute atomic E-state index is 6.23. The van der Waals surface area contributed by atoms with Gasteiger partial charge >= 0.3 is 0 Å². The number of benzene rings is 3. The van der Waals surface area contributed by atoms with Crippen molar-refractivity contribution in [2.75, 3.05) is 26.4 Å². The van der Waals surface area contributed by atoms with Crippen molar-refractivity contribution in [1.29, 1.82) is 0 Å². The molecule has 0 unspecified atom stereocenters. The van der Waals surface area contributed by atoms with E-state index in [-0.39, 0.29) is 5.92 Å². The lowest BCUT2D eigenvalue weighted by Crippen LogP contribution is -2.11. The highest BCUT2D eigenvalue weighted by Crippen LogP contribution is 2.44. The zero-order valence-electron chi connectivity index (χ0n) is 24.1. The Labute approximate surface area is 245 Å². The minimum absolute atomic E-state index is 0.169. The monoisotopic (exact) mass is 550 g/mol. The molecule has 1 aliphatic carbocycles. The molecule has 4 nitrogen and oxygen atoms in total. The lowest BCUT2D eigenvalue weighted by atomic mass is 9.81. The second kappa shape index (κ2) is 15.6. The molecule has 3 aromatic rings. The Bertz CT molecular complexity index is 1230. The Kier molecular flexibility index (Phi) is 11.3. The van der Waals surface area contributed by atoms with Gasteiger partial charge < -0.3 is 18.9 Å². The Balaban J connectivity index is 1.84. The van der Waals surface area contributed by atoms with Gasteiger partial charge in [0, 0.05) is 29.2 Å². The van der Waals surface area contributed by atoms with E-state index in [4.69, 9.17) is 18.9 Å². The molecule has 0 radical (unpaired) electrons. The molecule has 0 saturated heterocycles. The zero-order valence-corrected chi connectivity index (χ0v) is 24.1. The van der Waals surface area contributed by atoms with E-state index < -0.39 is 0 Å². The number of hydrogen-bond acceptors (Lipinski definition) is 4. The van der Waals surface area contributed by atoms with Crippen LogP contribution in [0.2, 0.25) is 0 Å². The molecule has 1 aliphatic rings. The summed E-state index contributed by atoms with van der Waals surface area (Å²) in [5.74, 6) is 3.36. The summed E-state index contributed by atoms with van der Waals surface area (Å²) < 4.78 is 24.2. The highest BCUT2D eigenvalue weighted by Gasteiger charge is 2.26. The molecule has 4 rings (SSSR count). The van der Waals surface area contributed by atoms with Crippen LogP contribution in [-0.2, 0) is 0 Å². The van der Waals surface area contributed by atoms with Crippen LogP contribution in [-0.4, -0.2) is 26.4 Å². The molecule has 0 aliphatic heterocycles. The molecule has 0 N–H and O–H groups in total. The summed E-state index contributed by atoms with van der Waals surface area (Å²) in [4.78, 5) is 0. The van der Waals surface area contributed by atoms with Crippen molar-refractivity contribution < 1.29 is 18.9 Å². The van der Waals surface area contributed by atoms with E-state index >= 15 is 0 Å². The van der Waals surface area contributed by atoms with Gasteiger partial charge in [0.2, 0.25) is 0 Å². The minimum Gasteiger partial charge on any atom is -0.489 e. The van der Waals surface area contributed by atoms with Crippen molar-refractivity contribution in [3.63, 3.8) is 0 Å². The van der Waals surface area contributed by atoms with Crippen LogP contribution >= 0.6 is 0 Å². The van der Waals surface area contributed by atoms with Gasteiger partial charge in [-0.3, -0.25) is 0 Å². The minimum atomic E-state index is -0.169. The second-order valence-corrected chi connectivity index (χ2v) is 10.2. The van der Waals surface area contributed by atoms with Gasteiger partial charge in [-0.25, -0.2) is 0 Å². The van der Waals surface area contributed by atoms with Gasteiger partial charge in [0.1, 0.15) is 49.4 Å². The lowest BCUT2D eigenvalue weighted by molar-refractivity contribution is 0.338. The van der Waals surface area contributed by atoms with Gasteiger partial charge in [-0.15, -0.1) is 0 Å². The van der Waals surface area contributed by atoms with Gasteiger partial charge in [0.15, 0.2) is 0 Å². The maximum Gasteiger partial charge on any atom is 0.127 e. The topological polar surface area (TPSA) is 36.9 Å². The van der Waals surface area contributed by atoms with Gasteiger partial charge in [-0.05, 0) is 42.0 Å². The van der Waals surface area contributed by atoms with E-state index in [9.17, 15) is 0 Å². The fraction of sp³-hybridized carbons (Fsp3) is 0.297. The number of ether oxygens (including phenoxy) is 4. The molecule has 0 heterocycles. The first-order chi connectivity index (χ1) is 20.2. The first kappa shape index (κ1) is 29.8. The Morgan fingerprint density at radius 2 is 1.05 bits per heavy atom. The summed E-state index contributed by atoms with van der Waals surface area (Å²) in [5, 5.41) is 0. The predicted octanol–water partition coefficient (Wildman–Crippen LogP) is 9.17. The van der Waals surface area contributed by atoms with Gasteiger partial charge in [-0.1, -0.05) is 106 Å². The largest absolute Gasteiger partial charge is 0.489 e. The summed E-state index contributed by atoms with van der Waals surface area (Å²) >= 11 is 0. The van der Waals surface area contributed by atoms with Gasteiger partial charge in [0.05, 0.1) is 0 Å². The molecular weight excluding hydrogens is 508 g/mol. The predicted molar refractivity (Wildman–Crippen MR) is 169 cm³/mol. The van der Waals surface area contributed by atoms with Crippen LogP contribution in [0.1, 0.15) is 66.2 Å². The molecule has 0 atom stereocenters. The fourth-order valence-electron chi connectivity index (χ4n) is 5.47. The molecule has 1 fully saturated rings. The third-order valence-electron chi connectivity index (χ3n) is 7.39. The van der Waals surface area contributed by atoms with E-state index in [0.717, 1.165) is 39.7 Å². The summed E-state index contributed by atoms with van der Waals surface area (Å²) in [6.07, 6.45) is 13.4. The van der Waals surface area contributed by atoms with E-state index in [0.29, 0.717) is 32.3 Å². The highest BCUT2D eigenvalue weighted by molar-refractivity contribution is 5.56. The van der Waals surface area contributed by atoms with Crippen LogP contribution in [0.5, 0.6) is 23.0 Å². The summed E-state index contributed by atoms with van der Waals surface area (Å²) in [6.45, 7) is 16.8. The van der Waals surface area contributed by atoms with Crippen molar-refractivity contribution >= 4 is 0 Å². The molecule has 0 spiro atoms. The third kappa shape index (κ3) is 7.94. The van der Waals surface area contributed by atoms with Crippen molar-refractivity contribution in [3.05, 3.63) is 134 Å². The fourth-order valence-corrected chi connectivity index (χ4v) is 5.47. The quantitative estimate of drug-likeness (QED) is 0.132. The molecule has 0 amide bonds. The Morgan fingerprint density at radius 1 is 0.585 bits per heavy atom. The van der Waals surface area contributed by atoms with Crippen LogP contribution in [0, 0.1) is 0 Å². The highest BCUT2D eigenvalue weighted by atomic mass is 16.5. The zero-order chi connectivity index (χ0) is 28.9. The summed E-state index contributed by atoms with van der Waals surface area (Å²) in [6, 6.07) is 21.1. The number of rotatable bonds is 16. The average molecular weight is 551 g/mol. The maximum atomic E-state index is 6.23. The lowest BCUT2D eigenvalue weighted by Gasteiger charge is -2.26. The molecular formula is C37H42O4. The van der Waals surface area contributed by atoms with E-state index in [1.807, 2.05) is 24.3 Å². The molecule has 1 saturated carbocycles. The molecule has 214 valence electrons. The van der Waals surface area contributed by atoms with Gasteiger partial charge in [-0.2, -0.15) is 0 Å². The molecule has 0 bridgehead atoms. The molecule has 0 aromatic heterocycles. The van der Waals surface area contributed by atoms with Crippen molar-refractivity contribution in [2.45, 2.75) is 43.9 Å². The van der Waals surface area contributed by atoms with Crippen molar-refractivity contribution in [2.24, 2.45) is 0 Å². The van der Waals surface area contributed by atoms with Crippen LogP contribution in [0.15, 0.2) is 111 Å². The smallest absolute Gasteiger partial charge is 0.127 e. The Hall–Kier alpha value is -4.18. The molecule has 4 heteroatoms. The molecule has 3 aromatic carbocycles. The first-order valence-electron chi connectivity index (χ1n) is 14.5. The average Bonchev–Trinajstić information content (AvgIpc) is 3.02. The normalized spacial score (nSPS) is 13.3. The van der Waals surface area contributed by atoms with Crippen LogP contribution in [0.3, 0.4) is 0 Å². The van der Waals surface area contributed by atoms with Gasteiger partial charge in [0.25, 0.3) is 0 Å². The summed E-state index contributed by atoms with van der Waals surface area (Å²) in [5.41, 5.74) is 4.58.